The number of anilines is 1. The van der Waals surface area contributed by atoms with Gasteiger partial charge in [0, 0.05) is 31.5 Å². The van der Waals surface area contributed by atoms with Crippen LogP contribution in [0.1, 0.15) is 41.6 Å². The summed E-state index contributed by atoms with van der Waals surface area (Å²) in [7, 11) is 0. The van der Waals surface area contributed by atoms with Gasteiger partial charge in [0.15, 0.2) is 0 Å². The molecule has 1 fully saturated rings. The van der Waals surface area contributed by atoms with E-state index in [4.69, 9.17) is 5.73 Å². The first-order chi connectivity index (χ1) is 10.7. The summed E-state index contributed by atoms with van der Waals surface area (Å²) in [4.78, 5) is 14.5. The number of carbonyl (C=O) groups excluding carboxylic acids is 1. The number of aromatic nitrogens is 2. The van der Waals surface area contributed by atoms with E-state index in [-0.39, 0.29) is 5.91 Å². The largest absolute Gasteiger partial charge is 0.398 e. The van der Waals surface area contributed by atoms with E-state index in [9.17, 15) is 4.79 Å². The molecular formula is C17H22N4O. The number of rotatable bonds is 3. The highest BCUT2D eigenvalue weighted by atomic mass is 16.2. The van der Waals surface area contributed by atoms with Gasteiger partial charge in [0.05, 0.1) is 11.8 Å². The number of likely N-dealkylation sites (tertiary alicyclic amines) is 1. The molecular weight excluding hydrogens is 276 g/mol. The van der Waals surface area contributed by atoms with Crippen LogP contribution in [0.25, 0.3) is 0 Å². The third-order valence-electron chi connectivity index (χ3n) is 4.42. The maximum absolute atomic E-state index is 12.5. The van der Waals surface area contributed by atoms with Crippen molar-refractivity contribution in [1.29, 1.82) is 0 Å². The van der Waals surface area contributed by atoms with Crippen molar-refractivity contribution in [3.05, 3.63) is 47.8 Å². The first kappa shape index (κ1) is 14.6. The number of nitrogens with two attached hydrogens (primary N) is 1. The molecule has 0 atom stereocenters. The van der Waals surface area contributed by atoms with Crippen molar-refractivity contribution in [3.63, 3.8) is 0 Å². The zero-order valence-electron chi connectivity index (χ0n) is 12.9. The second-order valence-corrected chi connectivity index (χ2v) is 5.78. The molecule has 1 aliphatic heterocycles. The number of hydrogen-bond donors (Lipinski definition) is 1. The number of nitrogens with zero attached hydrogens (tertiary/aromatic N) is 3. The maximum atomic E-state index is 12.5. The van der Waals surface area contributed by atoms with Crippen LogP contribution < -0.4 is 5.73 Å². The zero-order chi connectivity index (χ0) is 15.5. The van der Waals surface area contributed by atoms with Crippen molar-refractivity contribution in [2.45, 2.75) is 32.2 Å². The Hall–Kier alpha value is -2.30. The molecule has 22 heavy (non-hydrogen) atoms. The predicted molar refractivity (Wildman–Crippen MR) is 86.6 cm³/mol. The fourth-order valence-electron chi connectivity index (χ4n) is 3.04. The smallest absolute Gasteiger partial charge is 0.255 e. The van der Waals surface area contributed by atoms with Crippen LogP contribution in [0.3, 0.4) is 0 Å². The summed E-state index contributed by atoms with van der Waals surface area (Å²) in [5.74, 6) is 0.540. The summed E-state index contributed by atoms with van der Waals surface area (Å²) in [6, 6.07) is 7.29. The highest BCUT2D eigenvalue weighted by Crippen LogP contribution is 2.28. The summed E-state index contributed by atoms with van der Waals surface area (Å²) in [6.07, 6.45) is 6.04. The van der Waals surface area contributed by atoms with Crippen LogP contribution in [0.4, 0.5) is 5.69 Å². The van der Waals surface area contributed by atoms with Crippen LogP contribution >= 0.6 is 0 Å². The van der Waals surface area contributed by atoms with E-state index in [2.05, 4.69) is 18.2 Å². The van der Waals surface area contributed by atoms with Crippen LogP contribution in [-0.4, -0.2) is 33.7 Å². The van der Waals surface area contributed by atoms with Crippen molar-refractivity contribution in [2.75, 3.05) is 18.8 Å². The fourth-order valence-corrected chi connectivity index (χ4v) is 3.04. The molecule has 1 aromatic heterocycles. The molecule has 2 N–H and O–H groups in total. The van der Waals surface area contributed by atoms with Gasteiger partial charge in [0.2, 0.25) is 0 Å². The Morgan fingerprint density at radius 2 is 2.05 bits per heavy atom. The minimum absolute atomic E-state index is 0.0424. The normalized spacial score (nSPS) is 16.0. The summed E-state index contributed by atoms with van der Waals surface area (Å²) < 4.78 is 1.96. The molecule has 1 amide bonds. The molecule has 2 aromatic rings. The zero-order valence-corrected chi connectivity index (χ0v) is 12.9. The third kappa shape index (κ3) is 2.84. The molecule has 1 aliphatic rings. The molecule has 0 aliphatic carbocycles. The highest BCUT2D eigenvalue weighted by Gasteiger charge is 2.26. The highest BCUT2D eigenvalue weighted by molar-refractivity contribution is 5.99. The second kappa shape index (κ2) is 6.22. The minimum atomic E-state index is 0.0424. The third-order valence-corrected chi connectivity index (χ3v) is 4.42. The van der Waals surface area contributed by atoms with Gasteiger partial charge in [-0.25, -0.2) is 0 Å². The quantitative estimate of drug-likeness (QED) is 0.886. The SMILES string of the molecule is CCn1cc(C2CCN(C(=O)c3ccccc3N)CC2)cn1. The lowest BCUT2D eigenvalue weighted by atomic mass is 9.91. The van der Waals surface area contributed by atoms with E-state index >= 15 is 0 Å². The Kier molecular flexibility index (Phi) is 4.13. The van der Waals surface area contributed by atoms with Crippen LogP contribution in [0.15, 0.2) is 36.7 Å². The lowest BCUT2D eigenvalue weighted by molar-refractivity contribution is 0.0714. The van der Waals surface area contributed by atoms with Crippen LogP contribution in [0, 0.1) is 0 Å². The van der Waals surface area contributed by atoms with Gasteiger partial charge in [0.1, 0.15) is 0 Å². The number of piperidine rings is 1. The molecule has 1 saturated heterocycles. The number of hydrogen-bond acceptors (Lipinski definition) is 3. The van der Waals surface area contributed by atoms with Gasteiger partial charge in [-0.05, 0) is 43.4 Å². The molecule has 0 bridgehead atoms. The monoisotopic (exact) mass is 298 g/mol. The van der Waals surface area contributed by atoms with E-state index in [1.165, 1.54) is 5.56 Å². The first-order valence-electron chi connectivity index (χ1n) is 7.85. The summed E-state index contributed by atoms with van der Waals surface area (Å²) in [5.41, 5.74) is 8.36. The number of para-hydroxylation sites is 1. The van der Waals surface area contributed by atoms with E-state index in [0.717, 1.165) is 32.5 Å². The molecule has 0 saturated carbocycles. The van der Waals surface area contributed by atoms with Gasteiger partial charge in [-0.1, -0.05) is 12.1 Å². The molecule has 1 aromatic carbocycles. The molecule has 0 spiro atoms. The van der Waals surface area contributed by atoms with Gasteiger partial charge in [0.25, 0.3) is 5.91 Å². The Labute approximate surface area is 130 Å². The fraction of sp³-hybridized carbons (Fsp3) is 0.412. The standard InChI is InChI=1S/C17H22N4O/c1-2-21-12-14(11-19-21)13-7-9-20(10-8-13)17(22)15-5-3-4-6-16(15)18/h3-6,11-13H,2,7-10,18H2,1H3. The average molecular weight is 298 g/mol. The molecule has 116 valence electrons. The second-order valence-electron chi connectivity index (χ2n) is 5.78. The minimum Gasteiger partial charge on any atom is -0.398 e. The Morgan fingerprint density at radius 3 is 2.68 bits per heavy atom. The Bertz CT molecular complexity index is 656. The number of benzene rings is 1. The number of nitrogen functional groups attached to an aromatic ring is 1. The van der Waals surface area contributed by atoms with Gasteiger partial charge < -0.3 is 10.6 Å². The summed E-state index contributed by atoms with van der Waals surface area (Å²) in [6.45, 7) is 4.53. The summed E-state index contributed by atoms with van der Waals surface area (Å²) >= 11 is 0. The van der Waals surface area contributed by atoms with Crippen molar-refractivity contribution in [1.82, 2.24) is 14.7 Å². The van der Waals surface area contributed by atoms with E-state index in [1.54, 1.807) is 12.1 Å². The summed E-state index contributed by atoms with van der Waals surface area (Å²) in [5, 5.41) is 4.34. The maximum Gasteiger partial charge on any atom is 0.255 e. The Morgan fingerprint density at radius 1 is 1.32 bits per heavy atom. The number of carbonyl (C=O) groups is 1. The van der Waals surface area contributed by atoms with E-state index in [0.29, 0.717) is 17.2 Å². The molecule has 0 unspecified atom stereocenters. The van der Waals surface area contributed by atoms with Crippen LogP contribution in [-0.2, 0) is 6.54 Å². The van der Waals surface area contributed by atoms with Crippen molar-refractivity contribution in [2.24, 2.45) is 0 Å². The van der Waals surface area contributed by atoms with Gasteiger partial charge in [-0.3, -0.25) is 9.48 Å². The lowest BCUT2D eigenvalue weighted by Gasteiger charge is -2.32. The van der Waals surface area contributed by atoms with Crippen molar-refractivity contribution >= 4 is 11.6 Å². The molecule has 0 radical (unpaired) electrons. The average Bonchev–Trinajstić information content (AvgIpc) is 3.04. The lowest BCUT2D eigenvalue weighted by Crippen LogP contribution is -2.38. The van der Waals surface area contributed by atoms with Crippen LogP contribution in [0.5, 0.6) is 0 Å². The molecule has 3 rings (SSSR count). The van der Waals surface area contributed by atoms with Gasteiger partial charge in [-0.2, -0.15) is 5.10 Å². The predicted octanol–water partition coefficient (Wildman–Crippen LogP) is 2.51. The van der Waals surface area contributed by atoms with Crippen molar-refractivity contribution in [3.8, 4) is 0 Å². The van der Waals surface area contributed by atoms with Crippen LogP contribution in [0.2, 0.25) is 0 Å². The van der Waals surface area contributed by atoms with Gasteiger partial charge in [-0.15, -0.1) is 0 Å². The van der Waals surface area contributed by atoms with Gasteiger partial charge >= 0.3 is 0 Å². The Balaban J connectivity index is 1.64. The first-order valence-corrected chi connectivity index (χ1v) is 7.85. The molecule has 5 nitrogen and oxygen atoms in total. The number of aryl methyl sites for hydroxylation is 1. The van der Waals surface area contributed by atoms with E-state index in [1.807, 2.05) is 27.9 Å². The molecule has 2 heterocycles. The molecule has 5 heteroatoms. The number of amides is 1. The topological polar surface area (TPSA) is 64.2 Å². The van der Waals surface area contributed by atoms with E-state index < -0.39 is 0 Å². The van der Waals surface area contributed by atoms with Crippen molar-refractivity contribution < 1.29 is 4.79 Å².